The van der Waals surface area contributed by atoms with E-state index in [1.165, 1.54) is 5.56 Å². The van der Waals surface area contributed by atoms with Crippen LogP contribution in [0.15, 0.2) is 12.1 Å². The molecule has 0 radical (unpaired) electrons. The lowest BCUT2D eigenvalue weighted by Gasteiger charge is -2.43. The summed E-state index contributed by atoms with van der Waals surface area (Å²) in [6, 6.07) is 3.75. The number of fused-ring (bicyclic) bond motifs is 3. The van der Waals surface area contributed by atoms with Gasteiger partial charge in [0.05, 0.1) is 6.61 Å². The highest BCUT2D eigenvalue weighted by Gasteiger charge is 2.38. The van der Waals surface area contributed by atoms with Crippen LogP contribution < -0.4 is 0 Å². The maximum atomic E-state index is 12.5. The Bertz CT molecular complexity index is 582. The summed E-state index contributed by atoms with van der Waals surface area (Å²) in [5, 5.41) is 19.3. The Balaban J connectivity index is 1.87. The first-order chi connectivity index (χ1) is 10.5. The first kappa shape index (κ1) is 15.5. The van der Waals surface area contributed by atoms with Gasteiger partial charge in [-0.05, 0) is 42.0 Å². The van der Waals surface area contributed by atoms with E-state index >= 15 is 0 Å². The van der Waals surface area contributed by atoms with Gasteiger partial charge < -0.3 is 10.2 Å². The van der Waals surface area contributed by atoms with Gasteiger partial charge in [-0.2, -0.15) is 0 Å². The van der Waals surface area contributed by atoms with E-state index in [-0.39, 0.29) is 24.3 Å². The number of carbonyl (C=O) groups excluding carboxylic acids is 1. The van der Waals surface area contributed by atoms with Crippen molar-refractivity contribution in [2.75, 3.05) is 13.1 Å². The molecule has 0 amide bonds. The lowest BCUT2D eigenvalue weighted by atomic mass is 9.80. The van der Waals surface area contributed by atoms with E-state index in [9.17, 15) is 15.0 Å². The minimum absolute atomic E-state index is 0.0957. The number of Topliss-reactive ketones (excluding diaryl/α,β-unsaturated/α-hetero) is 1. The topological polar surface area (TPSA) is 60.8 Å². The van der Waals surface area contributed by atoms with E-state index in [0.717, 1.165) is 31.5 Å². The molecule has 0 unspecified atom stereocenters. The number of benzene rings is 1. The molecule has 2 aliphatic heterocycles. The molecule has 4 nitrogen and oxygen atoms in total. The van der Waals surface area contributed by atoms with Gasteiger partial charge in [0.25, 0.3) is 0 Å². The van der Waals surface area contributed by atoms with Crippen LogP contribution >= 0.6 is 0 Å². The number of carbonyl (C=O) groups is 1. The van der Waals surface area contributed by atoms with Crippen molar-refractivity contribution < 1.29 is 15.0 Å². The number of hydrogen-bond donors (Lipinski definition) is 2. The van der Waals surface area contributed by atoms with Crippen LogP contribution in [0.2, 0.25) is 0 Å². The quantitative estimate of drug-likeness (QED) is 0.900. The van der Waals surface area contributed by atoms with Crippen molar-refractivity contribution >= 4 is 5.78 Å². The number of hydrogen-bond acceptors (Lipinski definition) is 4. The predicted octanol–water partition coefficient (Wildman–Crippen LogP) is 2.42. The van der Waals surface area contributed by atoms with Crippen molar-refractivity contribution in [1.82, 2.24) is 4.90 Å². The fourth-order valence-electron chi connectivity index (χ4n) is 3.94. The number of piperidine rings is 1. The first-order valence-electron chi connectivity index (χ1n) is 8.22. The summed E-state index contributed by atoms with van der Waals surface area (Å²) in [6.07, 6.45) is 2.42. The molecule has 0 aliphatic carbocycles. The van der Waals surface area contributed by atoms with Gasteiger partial charge in [-0.3, -0.25) is 9.69 Å². The van der Waals surface area contributed by atoms with Gasteiger partial charge in [-0.1, -0.05) is 13.8 Å². The monoisotopic (exact) mass is 303 g/mol. The highest BCUT2D eigenvalue weighted by molar-refractivity contribution is 5.83. The number of phenols is 1. The SMILES string of the molecule is CC(C)C[C@@H]1CN2CCc3cc(CO)c(O)cc3[C@H]2CC1=O. The minimum Gasteiger partial charge on any atom is -0.508 e. The van der Waals surface area contributed by atoms with E-state index in [2.05, 4.69) is 18.7 Å². The summed E-state index contributed by atoms with van der Waals surface area (Å²) >= 11 is 0. The van der Waals surface area contributed by atoms with E-state index in [4.69, 9.17) is 0 Å². The highest BCUT2D eigenvalue weighted by atomic mass is 16.3. The van der Waals surface area contributed by atoms with Gasteiger partial charge in [-0.15, -0.1) is 0 Å². The molecule has 0 aromatic heterocycles. The molecule has 0 bridgehead atoms. The Morgan fingerprint density at radius 2 is 2.14 bits per heavy atom. The smallest absolute Gasteiger partial charge is 0.139 e. The average Bonchev–Trinajstić information content (AvgIpc) is 2.47. The molecule has 3 rings (SSSR count). The largest absolute Gasteiger partial charge is 0.508 e. The second kappa shape index (κ2) is 6.01. The third-order valence-electron chi connectivity index (χ3n) is 5.04. The Kier molecular flexibility index (Phi) is 4.24. The zero-order chi connectivity index (χ0) is 15.9. The molecule has 2 heterocycles. The normalized spacial score (nSPS) is 25.2. The second-order valence-corrected chi connectivity index (χ2v) is 7.10. The molecule has 4 heteroatoms. The van der Waals surface area contributed by atoms with Crippen LogP contribution in [0.1, 0.15) is 49.4 Å². The number of aliphatic hydroxyl groups is 1. The molecule has 0 saturated carbocycles. The van der Waals surface area contributed by atoms with Gasteiger partial charge in [0.2, 0.25) is 0 Å². The number of aliphatic hydroxyl groups excluding tert-OH is 1. The van der Waals surface area contributed by atoms with Crippen molar-refractivity contribution in [1.29, 1.82) is 0 Å². The van der Waals surface area contributed by atoms with Gasteiger partial charge in [-0.25, -0.2) is 0 Å². The lowest BCUT2D eigenvalue weighted by Crippen LogP contribution is -2.46. The van der Waals surface area contributed by atoms with E-state index in [0.29, 0.717) is 23.7 Å². The van der Waals surface area contributed by atoms with E-state index < -0.39 is 0 Å². The zero-order valence-corrected chi connectivity index (χ0v) is 13.4. The molecule has 2 N–H and O–H groups in total. The molecule has 120 valence electrons. The van der Waals surface area contributed by atoms with Crippen molar-refractivity contribution in [3.63, 3.8) is 0 Å². The van der Waals surface area contributed by atoms with E-state index in [1.54, 1.807) is 6.07 Å². The summed E-state index contributed by atoms with van der Waals surface area (Å²) in [5.41, 5.74) is 2.81. The third kappa shape index (κ3) is 2.77. The zero-order valence-electron chi connectivity index (χ0n) is 13.4. The summed E-state index contributed by atoms with van der Waals surface area (Å²) in [7, 11) is 0. The highest BCUT2D eigenvalue weighted by Crippen LogP contribution is 2.40. The molecule has 1 saturated heterocycles. The first-order valence-corrected chi connectivity index (χ1v) is 8.22. The molecule has 0 spiro atoms. The molecular formula is C18H25NO3. The lowest BCUT2D eigenvalue weighted by molar-refractivity contribution is -0.129. The number of nitrogens with zero attached hydrogens (tertiary/aromatic N) is 1. The van der Waals surface area contributed by atoms with Crippen LogP contribution in [0, 0.1) is 11.8 Å². The molecule has 22 heavy (non-hydrogen) atoms. The molecule has 1 aromatic carbocycles. The van der Waals surface area contributed by atoms with Crippen molar-refractivity contribution in [3.8, 4) is 5.75 Å². The fourth-order valence-corrected chi connectivity index (χ4v) is 3.94. The second-order valence-electron chi connectivity index (χ2n) is 7.10. The Labute approximate surface area is 131 Å². The number of aromatic hydroxyl groups is 1. The maximum Gasteiger partial charge on any atom is 0.139 e. The maximum absolute atomic E-state index is 12.5. The predicted molar refractivity (Wildman–Crippen MR) is 84.6 cm³/mol. The molecule has 1 fully saturated rings. The number of rotatable bonds is 3. The molecule has 1 aromatic rings. The summed E-state index contributed by atoms with van der Waals surface area (Å²) < 4.78 is 0. The molecular weight excluding hydrogens is 278 g/mol. The fraction of sp³-hybridized carbons (Fsp3) is 0.611. The van der Waals surface area contributed by atoms with E-state index in [1.807, 2.05) is 6.07 Å². The molecule has 2 aliphatic rings. The Morgan fingerprint density at radius 3 is 2.82 bits per heavy atom. The van der Waals surface area contributed by atoms with Crippen LogP contribution in [0.3, 0.4) is 0 Å². The van der Waals surface area contributed by atoms with Crippen LogP contribution in [-0.2, 0) is 17.8 Å². The van der Waals surface area contributed by atoms with Gasteiger partial charge >= 0.3 is 0 Å². The van der Waals surface area contributed by atoms with Crippen molar-refractivity contribution in [2.45, 2.75) is 45.8 Å². The molecule has 2 atom stereocenters. The van der Waals surface area contributed by atoms with Gasteiger partial charge in [0.1, 0.15) is 11.5 Å². The van der Waals surface area contributed by atoms with Gasteiger partial charge in [0.15, 0.2) is 0 Å². The summed E-state index contributed by atoms with van der Waals surface area (Å²) in [5.74, 6) is 1.19. The van der Waals surface area contributed by atoms with Crippen LogP contribution in [0.4, 0.5) is 0 Å². The van der Waals surface area contributed by atoms with Gasteiger partial charge in [0, 0.05) is 37.0 Å². The summed E-state index contributed by atoms with van der Waals surface area (Å²) in [6.45, 7) is 5.97. The van der Waals surface area contributed by atoms with Crippen molar-refractivity contribution in [3.05, 3.63) is 28.8 Å². The van der Waals surface area contributed by atoms with Crippen LogP contribution in [0.5, 0.6) is 5.75 Å². The third-order valence-corrected chi connectivity index (χ3v) is 5.04. The van der Waals surface area contributed by atoms with Crippen LogP contribution in [-0.4, -0.2) is 34.0 Å². The summed E-state index contributed by atoms with van der Waals surface area (Å²) in [4.78, 5) is 14.9. The minimum atomic E-state index is -0.150. The van der Waals surface area contributed by atoms with Crippen LogP contribution in [0.25, 0.3) is 0 Å². The number of ketones is 1. The average molecular weight is 303 g/mol. The Morgan fingerprint density at radius 1 is 1.36 bits per heavy atom. The Hall–Kier alpha value is -1.39. The van der Waals surface area contributed by atoms with Crippen molar-refractivity contribution in [2.24, 2.45) is 11.8 Å². The standard InChI is InChI=1S/C18H25NO3/c1-11(2)5-13-9-19-4-3-12-6-14(10-20)17(21)7-15(12)16(19)8-18(13)22/h6-7,11,13,16,20-21H,3-5,8-10H2,1-2H3/t13-,16-/m1/s1.